The number of carbonyl (C=O) groups is 1. The Morgan fingerprint density at radius 3 is 2.36 bits per heavy atom. The molecule has 0 heterocycles. The summed E-state index contributed by atoms with van der Waals surface area (Å²) in [5.41, 5.74) is 0. The Hall–Kier alpha value is -0.570. The van der Waals surface area contributed by atoms with Gasteiger partial charge in [0.15, 0.2) is 0 Å². The molecule has 2 bridgehead atoms. The van der Waals surface area contributed by atoms with Crippen molar-refractivity contribution in [2.45, 2.75) is 25.4 Å². The second-order valence-electron chi connectivity index (χ2n) is 3.75. The van der Waals surface area contributed by atoms with E-state index in [0.717, 1.165) is 19.3 Å². The zero-order valence-electron chi connectivity index (χ0n) is 6.23. The van der Waals surface area contributed by atoms with Crippen LogP contribution in [0.1, 0.15) is 19.3 Å². The summed E-state index contributed by atoms with van der Waals surface area (Å²) in [6, 6.07) is 0. The topological polar surface area (TPSA) is 57.5 Å². The first kappa shape index (κ1) is 7.10. The van der Waals surface area contributed by atoms with Gasteiger partial charge in [0.1, 0.15) is 0 Å². The van der Waals surface area contributed by atoms with Crippen LogP contribution < -0.4 is 0 Å². The third-order valence-corrected chi connectivity index (χ3v) is 3.10. The fraction of sp³-hybridized carbons (Fsp3) is 0.875. The van der Waals surface area contributed by atoms with Gasteiger partial charge < -0.3 is 10.2 Å². The van der Waals surface area contributed by atoms with Gasteiger partial charge in [-0.15, -0.1) is 0 Å². The van der Waals surface area contributed by atoms with Crippen molar-refractivity contribution in [3.63, 3.8) is 0 Å². The highest BCUT2D eigenvalue weighted by Gasteiger charge is 2.48. The first-order valence-electron chi connectivity index (χ1n) is 4.09. The summed E-state index contributed by atoms with van der Waals surface area (Å²) in [5.74, 6) is -0.450. The van der Waals surface area contributed by atoms with Crippen molar-refractivity contribution in [2.24, 2.45) is 17.8 Å². The molecule has 0 amide bonds. The first-order valence-corrected chi connectivity index (χ1v) is 4.09. The second kappa shape index (κ2) is 2.21. The van der Waals surface area contributed by atoms with Crippen LogP contribution in [-0.2, 0) is 4.79 Å². The lowest BCUT2D eigenvalue weighted by Crippen LogP contribution is -2.29. The molecule has 2 saturated carbocycles. The lowest BCUT2D eigenvalue weighted by Gasteiger charge is -2.22. The zero-order chi connectivity index (χ0) is 8.01. The van der Waals surface area contributed by atoms with E-state index >= 15 is 0 Å². The third-order valence-electron chi connectivity index (χ3n) is 3.10. The van der Waals surface area contributed by atoms with Crippen molar-refractivity contribution >= 4 is 5.97 Å². The molecule has 3 nitrogen and oxygen atoms in total. The molecule has 2 N–H and O–H groups in total. The standard InChI is InChI=1S/C8H12O3/c9-7-3-4-1-5(7)6(2-4)8(10)11/h4-7,9H,1-3H2,(H,10,11)/t4-,5-,6-,7+/m0/s1. The molecule has 4 atom stereocenters. The Morgan fingerprint density at radius 1 is 1.27 bits per heavy atom. The molecular formula is C8H12O3. The van der Waals surface area contributed by atoms with Crippen LogP contribution >= 0.6 is 0 Å². The van der Waals surface area contributed by atoms with E-state index in [0.29, 0.717) is 5.92 Å². The van der Waals surface area contributed by atoms with E-state index < -0.39 is 5.97 Å². The fourth-order valence-electron chi connectivity index (χ4n) is 2.60. The fourth-order valence-corrected chi connectivity index (χ4v) is 2.60. The summed E-state index contributed by atoms with van der Waals surface area (Å²) >= 11 is 0. The predicted octanol–water partition coefficient (Wildman–Crippen LogP) is 0.478. The predicted molar refractivity (Wildman–Crippen MR) is 38.0 cm³/mol. The van der Waals surface area contributed by atoms with E-state index in [1.807, 2.05) is 0 Å². The third kappa shape index (κ3) is 0.948. The highest BCUT2D eigenvalue weighted by Crippen LogP contribution is 2.48. The number of carboxylic acid groups (broad SMARTS) is 1. The van der Waals surface area contributed by atoms with Crippen LogP contribution in [0.3, 0.4) is 0 Å². The molecule has 0 saturated heterocycles. The highest BCUT2D eigenvalue weighted by molar-refractivity contribution is 5.71. The van der Waals surface area contributed by atoms with Gasteiger partial charge in [-0.1, -0.05) is 0 Å². The van der Waals surface area contributed by atoms with Gasteiger partial charge in [-0.2, -0.15) is 0 Å². The van der Waals surface area contributed by atoms with Gasteiger partial charge in [0.2, 0.25) is 0 Å². The van der Waals surface area contributed by atoms with E-state index in [9.17, 15) is 9.90 Å². The molecule has 0 aliphatic heterocycles. The van der Waals surface area contributed by atoms with Crippen molar-refractivity contribution in [1.29, 1.82) is 0 Å². The van der Waals surface area contributed by atoms with Gasteiger partial charge in [0.05, 0.1) is 12.0 Å². The van der Waals surface area contributed by atoms with Crippen LogP contribution in [0, 0.1) is 17.8 Å². The lowest BCUT2D eigenvalue weighted by atomic mass is 9.87. The number of aliphatic carboxylic acids is 1. The Labute approximate surface area is 65.0 Å². The molecular weight excluding hydrogens is 144 g/mol. The molecule has 0 radical (unpaired) electrons. The maximum absolute atomic E-state index is 10.6. The molecule has 0 spiro atoms. The van der Waals surface area contributed by atoms with Crippen LogP contribution in [0.4, 0.5) is 0 Å². The van der Waals surface area contributed by atoms with Gasteiger partial charge in [-0.3, -0.25) is 4.79 Å². The number of carboxylic acids is 1. The normalized spacial score (nSPS) is 48.1. The maximum Gasteiger partial charge on any atom is 0.306 e. The maximum atomic E-state index is 10.6. The van der Waals surface area contributed by atoms with Gasteiger partial charge >= 0.3 is 5.97 Å². The van der Waals surface area contributed by atoms with E-state index in [2.05, 4.69) is 0 Å². The zero-order valence-corrected chi connectivity index (χ0v) is 6.23. The van der Waals surface area contributed by atoms with Crippen molar-refractivity contribution in [2.75, 3.05) is 0 Å². The van der Waals surface area contributed by atoms with Crippen LogP contribution in [0.2, 0.25) is 0 Å². The minimum atomic E-state index is -0.726. The summed E-state index contributed by atoms with van der Waals surface area (Å²) in [4.78, 5) is 10.6. The van der Waals surface area contributed by atoms with Crippen molar-refractivity contribution < 1.29 is 15.0 Å². The second-order valence-corrected chi connectivity index (χ2v) is 3.75. The van der Waals surface area contributed by atoms with Gasteiger partial charge in [0.25, 0.3) is 0 Å². The molecule has 0 aromatic heterocycles. The van der Waals surface area contributed by atoms with Gasteiger partial charge in [0, 0.05) is 0 Å². The molecule has 0 unspecified atom stereocenters. The largest absolute Gasteiger partial charge is 0.481 e. The number of hydrogen-bond donors (Lipinski definition) is 2. The quantitative estimate of drug-likeness (QED) is 0.580. The lowest BCUT2D eigenvalue weighted by molar-refractivity contribution is -0.145. The molecule has 2 aliphatic carbocycles. The van der Waals surface area contributed by atoms with Crippen LogP contribution in [0.25, 0.3) is 0 Å². The minimum Gasteiger partial charge on any atom is -0.481 e. The van der Waals surface area contributed by atoms with Crippen LogP contribution in [-0.4, -0.2) is 22.3 Å². The molecule has 11 heavy (non-hydrogen) atoms. The van der Waals surface area contributed by atoms with Crippen LogP contribution in [0.5, 0.6) is 0 Å². The van der Waals surface area contributed by atoms with Crippen molar-refractivity contribution in [3.8, 4) is 0 Å². The van der Waals surface area contributed by atoms with Crippen LogP contribution in [0.15, 0.2) is 0 Å². The smallest absolute Gasteiger partial charge is 0.306 e. The Bertz CT molecular complexity index is 190. The number of fused-ring (bicyclic) bond motifs is 2. The van der Waals surface area contributed by atoms with E-state index in [1.165, 1.54) is 0 Å². The SMILES string of the molecule is O=C(O)[C@H]1C[C@@H]2C[C@@H]1[C@H](O)C2. The number of rotatable bonds is 1. The monoisotopic (exact) mass is 156 g/mol. The van der Waals surface area contributed by atoms with E-state index in [-0.39, 0.29) is 17.9 Å². The van der Waals surface area contributed by atoms with E-state index in [4.69, 9.17) is 5.11 Å². The molecule has 3 heteroatoms. The van der Waals surface area contributed by atoms with Gasteiger partial charge in [-0.25, -0.2) is 0 Å². The van der Waals surface area contributed by atoms with Crippen molar-refractivity contribution in [3.05, 3.63) is 0 Å². The van der Waals surface area contributed by atoms with Crippen molar-refractivity contribution in [1.82, 2.24) is 0 Å². The van der Waals surface area contributed by atoms with E-state index in [1.54, 1.807) is 0 Å². The molecule has 0 aromatic rings. The Morgan fingerprint density at radius 2 is 2.00 bits per heavy atom. The summed E-state index contributed by atoms with van der Waals surface area (Å²) in [6.07, 6.45) is 2.21. The molecule has 2 fully saturated rings. The highest BCUT2D eigenvalue weighted by atomic mass is 16.4. The molecule has 62 valence electrons. The molecule has 0 aromatic carbocycles. The molecule has 2 rings (SSSR count). The average Bonchev–Trinajstić information content (AvgIpc) is 2.43. The summed E-state index contributed by atoms with van der Waals surface area (Å²) in [7, 11) is 0. The summed E-state index contributed by atoms with van der Waals surface area (Å²) < 4.78 is 0. The first-order chi connectivity index (χ1) is 5.18. The Balaban J connectivity index is 2.12. The number of hydrogen-bond acceptors (Lipinski definition) is 2. The number of aliphatic hydroxyl groups excluding tert-OH is 1. The number of aliphatic hydroxyl groups is 1. The summed E-state index contributed by atoms with van der Waals surface area (Å²) in [6.45, 7) is 0. The summed E-state index contributed by atoms with van der Waals surface area (Å²) in [5, 5.41) is 18.1. The van der Waals surface area contributed by atoms with Gasteiger partial charge in [-0.05, 0) is 31.1 Å². The average molecular weight is 156 g/mol. The Kier molecular flexibility index (Phi) is 1.42. The minimum absolute atomic E-state index is 0.0532. The molecule has 2 aliphatic rings.